The van der Waals surface area contributed by atoms with Gasteiger partial charge in [-0.15, -0.1) is 0 Å². The van der Waals surface area contributed by atoms with Gasteiger partial charge in [-0.3, -0.25) is 10.1 Å². The average molecular weight is 296 g/mol. The smallest absolute Gasteiger partial charge is 0.301 e. The summed E-state index contributed by atoms with van der Waals surface area (Å²) < 4.78 is 28.7. The molecule has 1 aromatic rings. The molecule has 4 N–H and O–H groups in total. The second-order valence-electron chi connectivity index (χ2n) is 5.01. The van der Waals surface area contributed by atoms with Crippen LogP contribution in [0.25, 0.3) is 0 Å². The Labute approximate surface area is 119 Å². The lowest BCUT2D eigenvalue weighted by atomic mass is 10.1. The Morgan fingerprint density at radius 3 is 2.55 bits per heavy atom. The van der Waals surface area contributed by atoms with Gasteiger partial charge in [-0.2, -0.15) is 12.7 Å². The molecule has 0 atom stereocenters. The Balaban J connectivity index is 2.24. The number of aryl methyl sites for hydroxylation is 1. The van der Waals surface area contributed by atoms with E-state index in [0.29, 0.717) is 24.3 Å². The zero-order valence-electron chi connectivity index (χ0n) is 11.5. The first-order valence-electron chi connectivity index (χ1n) is 6.63. The molecule has 0 radical (unpaired) electrons. The van der Waals surface area contributed by atoms with Crippen molar-refractivity contribution in [3.05, 3.63) is 29.3 Å². The summed E-state index contributed by atoms with van der Waals surface area (Å²) in [6.45, 7) is 2.93. The predicted octanol–water partition coefficient (Wildman–Crippen LogP) is 1.42. The topological polar surface area (TPSA) is 99.3 Å². The molecule has 1 fully saturated rings. The fraction of sp³-hybridized carbons (Fsp3) is 0.462. The van der Waals surface area contributed by atoms with Crippen molar-refractivity contribution in [1.82, 2.24) is 4.31 Å². The largest absolute Gasteiger partial charge is 0.384 e. The van der Waals surface area contributed by atoms with Crippen LogP contribution in [0.15, 0.2) is 18.2 Å². The van der Waals surface area contributed by atoms with Crippen molar-refractivity contribution in [3.8, 4) is 0 Å². The third kappa shape index (κ3) is 3.29. The van der Waals surface area contributed by atoms with Crippen LogP contribution < -0.4 is 10.5 Å². The van der Waals surface area contributed by atoms with Crippen LogP contribution in [0.1, 0.15) is 30.4 Å². The number of nitrogens with two attached hydrogens (primary N) is 1. The van der Waals surface area contributed by atoms with Gasteiger partial charge in [-0.1, -0.05) is 18.6 Å². The molecule has 20 heavy (non-hydrogen) atoms. The monoisotopic (exact) mass is 296 g/mol. The lowest BCUT2D eigenvalue weighted by molar-refractivity contribution is 0.349. The highest BCUT2D eigenvalue weighted by Crippen LogP contribution is 2.21. The molecule has 0 aromatic heterocycles. The zero-order chi connectivity index (χ0) is 14.8. The number of rotatable bonds is 4. The average Bonchev–Trinajstić information content (AvgIpc) is 2.42. The normalized spacial score (nSPS) is 16.9. The van der Waals surface area contributed by atoms with E-state index < -0.39 is 10.2 Å². The van der Waals surface area contributed by atoms with Gasteiger partial charge in [0, 0.05) is 18.7 Å². The number of hydrogen-bond acceptors (Lipinski definition) is 3. The molecule has 0 amide bonds. The molecule has 6 nitrogen and oxygen atoms in total. The van der Waals surface area contributed by atoms with E-state index in [1.165, 1.54) is 4.31 Å². The Bertz CT molecular complexity index is 607. The number of benzene rings is 1. The van der Waals surface area contributed by atoms with E-state index in [1.54, 1.807) is 18.2 Å². The van der Waals surface area contributed by atoms with E-state index >= 15 is 0 Å². The van der Waals surface area contributed by atoms with Crippen molar-refractivity contribution in [2.45, 2.75) is 26.2 Å². The Hall–Kier alpha value is -1.60. The van der Waals surface area contributed by atoms with Crippen LogP contribution >= 0.6 is 0 Å². The van der Waals surface area contributed by atoms with Crippen LogP contribution in [0.4, 0.5) is 5.69 Å². The highest BCUT2D eigenvalue weighted by Gasteiger charge is 2.24. The fourth-order valence-electron chi connectivity index (χ4n) is 2.21. The maximum Gasteiger partial charge on any atom is 0.301 e. The lowest BCUT2D eigenvalue weighted by Gasteiger charge is -2.26. The van der Waals surface area contributed by atoms with Crippen molar-refractivity contribution in [2.75, 3.05) is 17.8 Å². The van der Waals surface area contributed by atoms with Crippen molar-refractivity contribution in [3.63, 3.8) is 0 Å². The maximum atomic E-state index is 12.3. The van der Waals surface area contributed by atoms with E-state index in [9.17, 15) is 8.42 Å². The SMILES string of the molecule is Cc1ccc(C(=N)N)cc1NS(=O)(=O)N1CCCCC1. The van der Waals surface area contributed by atoms with Crippen molar-refractivity contribution in [1.29, 1.82) is 5.41 Å². The quantitative estimate of drug-likeness (QED) is 0.578. The molecule has 1 aliphatic heterocycles. The van der Waals surface area contributed by atoms with Gasteiger partial charge in [0.15, 0.2) is 0 Å². The minimum absolute atomic E-state index is 0.0802. The van der Waals surface area contributed by atoms with Crippen molar-refractivity contribution >= 4 is 21.7 Å². The summed E-state index contributed by atoms with van der Waals surface area (Å²) in [6.07, 6.45) is 2.87. The number of amidine groups is 1. The molecule has 0 unspecified atom stereocenters. The highest BCUT2D eigenvalue weighted by atomic mass is 32.2. The van der Waals surface area contributed by atoms with Crippen molar-refractivity contribution in [2.24, 2.45) is 5.73 Å². The summed E-state index contributed by atoms with van der Waals surface area (Å²) in [5.41, 5.74) is 7.22. The van der Waals surface area contributed by atoms with E-state index in [1.807, 2.05) is 6.92 Å². The molecular formula is C13H20N4O2S. The van der Waals surface area contributed by atoms with Crippen LogP contribution in [-0.4, -0.2) is 31.6 Å². The number of anilines is 1. The number of nitrogens with zero attached hydrogens (tertiary/aromatic N) is 1. The zero-order valence-corrected chi connectivity index (χ0v) is 12.3. The van der Waals surface area contributed by atoms with Gasteiger partial charge in [0.1, 0.15) is 5.84 Å². The minimum Gasteiger partial charge on any atom is -0.384 e. The molecule has 2 rings (SSSR count). The summed E-state index contributed by atoms with van der Waals surface area (Å²) in [5.74, 6) is -0.0802. The minimum atomic E-state index is -3.53. The molecule has 1 aromatic carbocycles. The molecule has 110 valence electrons. The van der Waals surface area contributed by atoms with Crippen LogP contribution in [0.2, 0.25) is 0 Å². The van der Waals surface area contributed by atoms with Gasteiger partial charge in [-0.05, 0) is 31.4 Å². The first-order valence-corrected chi connectivity index (χ1v) is 8.07. The van der Waals surface area contributed by atoms with E-state index in [4.69, 9.17) is 11.1 Å². The molecule has 0 aliphatic carbocycles. The summed E-state index contributed by atoms with van der Waals surface area (Å²) in [5, 5.41) is 7.42. The van der Waals surface area contributed by atoms with Crippen LogP contribution in [0.5, 0.6) is 0 Å². The molecule has 0 spiro atoms. The second-order valence-corrected chi connectivity index (χ2v) is 6.68. The van der Waals surface area contributed by atoms with Crippen LogP contribution in [0, 0.1) is 12.3 Å². The van der Waals surface area contributed by atoms with Gasteiger partial charge >= 0.3 is 10.2 Å². The van der Waals surface area contributed by atoms with Gasteiger partial charge in [0.05, 0.1) is 5.69 Å². The number of hydrogen-bond donors (Lipinski definition) is 3. The number of piperidine rings is 1. The molecule has 0 saturated carbocycles. The number of nitrogens with one attached hydrogen (secondary N) is 2. The van der Waals surface area contributed by atoms with Crippen LogP contribution in [0.3, 0.4) is 0 Å². The van der Waals surface area contributed by atoms with E-state index in [2.05, 4.69) is 4.72 Å². The second kappa shape index (κ2) is 5.80. The molecule has 1 heterocycles. The molecule has 0 bridgehead atoms. The van der Waals surface area contributed by atoms with E-state index in [-0.39, 0.29) is 5.84 Å². The molecule has 1 saturated heterocycles. The first-order chi connectivity index (χ1) is 9.40. The first kappa shape index (κ1) is 14.8. The standard InChI is InChI=1S/C13H20N4O2S/c1-10-5-6-11(13(14)15)9-12(10)16-20(18,19)17-7-3-2-4-8-17/h5-6,9,16H,2-4,7-8H2,1H3,(H3,14,15). The number of nitrogen functional groups attached to an aromatic ring is 1. The van der Waals surface area contributed by atoms with Gasteiger partial charge in [0.25, 0.3) is 0 Å². The molecular weight excluding hydrogens is 276 g/mol. The van der Waals surface area contributed by atoms with E-state index in [0.717, 1.165) is 24.8 Å². The third-order valence-corrected chi connectivity index (χ3v) is 4.97. The third-order valence-electron chi connectivity index (χ3n) is 3.44. The Morgan fingerprint density at radius 2 is 1.95 bits per heavy atom. The highest BCUT2D eigenvalue weighted by molar-refractivity contribution is 7.90. The fourth-order valence-corrected chi connectivity index (χ4v) is 3.57. The summed E-state index contributed by atoms with van der Waals surface area (Å²) in [6, 6.07) is 5.06. The van der Waals surface area contributed by atoms with Gasteiger partial charge in [-0.25, -0.2) is 0 Å². The van der Waals surface area contributed by atoms with Gasteiger partial charge < -0.3 is 5.73 Å². The lowest BCUT2D eigenvalue weighted by Crippen LogP contribution is -2.39. The Morgan fingerprint density at radius 1 is 1.30 bits per heavy atom. The maximum absolute atomic E-state index is 12.3. The summed E-state index contributed by atoms with van der Waals surface area (Å²) in [7, 11) is -3.53. The Kier molecular flexibility index (Phi) is 4.29. The van der Waals surface area contributed by atoms with Gasteiger partial charge in [0.2, 0.25) is 0 Å². The van der Waals surface area contributed by atoms with Crippen LogP contribution in [-0.2, 0) is 10.2 Å². The van der Waals surface area contributed by atoms with Crippen molar-refractivity contribution < 1.29 is 8.42 Å². The summed E-state index contributed by atoms with van der Waals surface area (Å²) in [4.78, 5) is 0. The molecule has 1 aliphatic rings. The molecule has 7 heteroatoms. The summed E-state index contributed by atoms with van der Waals surface area (Å²) >= 11 is 0. The predicted molar refractivity (Wildman–Crippen MR) is 80.2 cm³/mol.